The van der Waals surface area contributed by atoms with Crippen LogP contribution in [-0.2, 0) is 9.31 Å². The molecule has 0 spiro atoms. The molecule has 2 heterocycles. The molecule has 1 aliphatic carbocycles. The predicted molar refractivity (Wildman–Crippen MR) is 83.7 cm³/mol. The first-order valence-corrected chi connectivity index (χ1v) is 8.58. The van der Waals surface area contributed by atoms with Crippen molar-refractivity contribution < 1.29 is 9.31 Å². The number of thiazole rings is 1. The molecule has 0 atom stereocenters. The Morgan fingerprint density at radius 3 is 2.30 bits per heavy atom. The van der Waals surface area contributed by atoms with Crippen LogP contribution in [0.5, 0.6) is 0 Å². The average Bonchev–Trinajstić information content (AvgIpc) is 2.94. The summed E-state index contributed by atoms with van der Waals surface area (Å²) in [5.74, 6) is 0.657. The molecular weight excluding hydrogens is 269 g/mol. The monoisotopic (exact) mass is 293 g/mol. The molecule has 3 rings (SSSR count). The lowest BCUT2D eigenvalue weighted by Gasteiger charge is -2.32. The van der Waals surface area contributed by atoms with E-state index in [-0.39, 0.29) is 18.3 Å². The van der Waals surface area contributed by atoms with Crippen LogP contribution < -0.4 is 5.59 Å². The minimum Gasteiger partial charge on any atom is -0.398 e. The maximum Gasteiger partial charge on any atom is 0.515 e. The fraction of sp³-hybridized carbons (Fsp3) is 0.800. The molecule has 1 aromatic heterocycles. The van der Waals surface area contributed by atoms with Gasteiger partial charge in [0, 0.05) is 11.3 Å². The standard InChI is InChI=1S/C15H24BNO2S/c1-14(2)15(3,4)19-16(18-14)12-10-20-13(17-12)11-8-6-5-7-9-11/h10-11H,5-9H2,1-4H3. The van der Waals surface area contributed by atoms with Crippen molar-refractivity contribution in [2.75, 3.05) is 0 Å². The molecule has 0 bridgehead atoms. The van der Waals surface area contributed by atoms with Crippen molar-refractivity contribution in [2.45, 2.75) is 76.9 Å². The molecular formula is C15H24BNO2S. The lowest BCUT2D eigenvalue weighted by Crippen LogP contribution is -2.41. The second kappa shape index (κ2) is 5.11. The van der Waals surface area contributed by atoms with E-state index >= 15 is 0 Å². The highest BCUT2D eigenvalue weighted by Crippen LogP contribution is 2.37. The summed E-state index contributed by atoms with van der Waals surface area (Å²) < 4.78 is 12.1. The van der Waals surface area contributed by atoms with Gasteiger partial charge in [0.05, 0.1) is 21.8 Å². The molecule has 1 aromatic rings. The molecule has 0 aromatic carbocycles. The van der Waals surface area contributed by atoms with Gasteiger partial charge >= 0.3 is 7.12 Å². The van der Waals surface area contributed by atoms with E-state index in [1.54, 1.807) is 11.3 Å². The van der Waals surface area contributed by atoms with E-state index in [0.29, 0.717) is 5.92 Å². The van der Waals surface area contributed by atoms with Crippen molar-refractivity contribution in [3.05, 3.63) is 10.4 Å². The van der Waals surface area contributed by atoms with E-state index in [1.807, 2.05) is 0 Å². The first kappa shape index (κ1) is 14.5. The Labute approximate surface area is 126 Å². The number of hydrogen-bond donors (Lipinski definition) is 0. The van der Waals surface area contributed by atoms with E-state index in [2.05, 4.69) is 33.1 Å². The summed E-state index contributed by atoms with van der Waals surface area (Å²) in [6.07, 6.45) is 6.64. The second-order valence-electron chi connectivity index (χ2n) is 7.03. The minimum absolute atomic E-state index is 0.285. The Balaban J connectivity index is 1.74. The van der Waals surface area contributed by atoms with Gasteiger partial charge in [0.1, 0.15) is 0 Å². The Bertz CT molecular complexity index is 464. The van der Waals surface area contributed by atoms with Crippen molar-refractivity contribution in [2.24, 2.45) is 0 Å². The van der Waals surface area contributed by atoms with Crippen LogP contribution in [0.2, 0.25) is 0 Å². The SMILES string of the molecule is CC1(C)OB(c2csc(C3CCCCC3)n2)OC1(C)C. The van der Waals surface area contributed by atoms with Gasteiger partial charge in [0.2, 0.25) is 0 Å². The normalized spacial score (nSPS) is 26.1. The zero-order valence-corrected chi connectivity index (χ0v) is 13.8. The second-order valence-corrected chi connectivity index (χ2v) is 7.92. The highest BCUT2D eigenvalue weighted by atomic mass is 32.1. The van der Waals surface area contributed by atoms with Gasteiger partial charge in [-0.3, -0.25) is 0 Å². The molecule has 0 N–H and O–H groups in total. The Hall–Kier alpha value is -0.385. The van der Waals surface area contributed by atoms with Crippen molar-refractivity contribution in [1.29, 1.82) is 0 Å². The highest BCUT2D eigenvalue weighted by molar-refractivity contribution is 7.10. The van der Waals surface area contributed by atoms with Crippen LogP contribution in [0.4, 0.5) is 0 Å². The molecule has 2 fully saturated rings. The molecule has 1 saturated heterocycles. The van der Waals surface area contributed by atoms with E-state index in [0.717, 1.165) is 5.59 Å². The third-order valence-corrected chi connectivity index (χ3v) is 6.01. The summed E-state index contributed by atoms with van der Waals surface area (Å²) in [4.78, 5) is 4.82. The summed E-state index contributed by atoms with van der Waals surface area (Å²) >= 11 is 1.77. The third kappa shape index (κ3) is 2.56. The molecule has 5 heteroatoms. The summed E-state index contributed by atoms with van der Waals surface area (Å²) in [6, 6.07) is 0. The van der Waals surface area contributed by atoms with Crippen LogP contribution in [0.25, 0.3) is 0 Å². The molecule has 2 aliphatic rings. The lowest BCUT2D eigenvalue weighted by atomic mass is 9.85. The maximum atomic E-state index is 6.07. The van der Waals surface area contributed by atoms with Crippen molar-refractivity contribution in [3.8, 4) is 0 Å². The summed E-state index contributed by atoms with van der Waals surface area (Å²) in [5.41, 5.74) is 0.382. The predicted octanol–water partition coefficient (Wildman–Crippen LogP) is 3.49. The van der Waals surface area contributed by atoms with Crippen molar-refractivity contribution >= 4 is 24.0 Å². The molecule has 0 unspecified atom stereocenters. The van der Waals surface area contributed by atoms with E-state index in [1.165, 1.54) is 37.1 Å². The number of rotatable bonds is 2. The maximum absolute atomic E-state index is 6.07. The van der Waals surface area contributed by atoms with Gasteiger partial charge in [0.25, 0.3) is 0 Å². The van der Waals surface area contributed by atoms with Gasteiger partial charge in [-0.15, -0.1) is 11.3 Å². The van der Waals surface area contributed by atoms with Gasteiger partial charge in [-0.25, -0.2) is 4.98 Å². The van der Waals surface area contributed by atoms with E-state index in [9.17, 15) is 0 Å². The highest BCUT2D eigenvalue weighted by Gasteiger charge is 2.52. The Morgan fingerprint density at radius 1 is 1.10 bits per heavy atom. The molecule has 3 nitrogen and oxygen atoms in total. The zero-order chi connectivity index (χ0) is 14.4. The van der Waals surface area contributed by atoms with Gasteiger partial charge < -0.3 is 9.31 Å². The van der Waals surface area contributed by atoms with Crippen molar-refractivity contribution in [3.63, 3.8) is 0 Å². The molecule has 0 amide bonds. The summed E-state index contributed by atoms with van der Waals surface area (Å²) in [7, 11) is -0.311. The summed E-state index contributed by atoms with van der Waals surface area (Å²) in [5, 5.41) is 3.39. The van der Waals surface area contributed by atoms with Crippen LogP contribution in [0.1, 0.15) is 70.7 Å². The molecule has 0 radical (unpaired) electrons. The van der Waals surface area contributed by atoms with Crippen LogP contribution in [0.15, 0.2) is 5.38 Å². The van der Waals surface area contributed by atoms with Crippen LogP contribution in [-0.4, -0.2) is 23.3 Å². The number of nitrogens with zero attached hydrogens (tertiary/aromatic N) is 1. The molecule has 110 valence electrons. The first-order valence-electron chi connectivity index (χ1n) is 7.70. The molecule has 1 aliphatic heterocycles. The van der Waals surface area contributed by atoms with E-state index < -0.39 is 0 Å². The van der Waals surface area contributed by atoms with Crippen LogP contribution in [0, 0.1) is 0 Å². The van der Waals surface area contributed by atoms with Gasteiger partial charge in [-0.2, -0.15) is 0 Å². The number of aromatic nitrogens is 1. The molecule has 1 saturated carbocycles. The Kier molecular flexibility index (Phi) is 3.72. The van der Waals surface area contributed by atoms with Gasteiger partial charge in [0.15, 0.2) is 0 Å². The quantitative estimate of drug-likeness (QED) is 0.782. The fourth-order valence-corrected chi connectivity index (χ4v) is 3.90. The first-order chi connectivity index (χ1) is 9.39. The van der Waals surface area contributed by atoms with Crippen molar-refractivity contribution in [1.82, 2.24) is 4.98 Å². The largest absolute Gasteiger partial charge is 0.515 e. The third-order valence-electron chi connectivity index (χ3n) is 4.99. The van der Waals surface area contributed by atoms with Crippen LogP contribution in [0.3, 0.4) is 0 Å². The summed E-state index contributed by atoms with van der Waals surface area (Å²) in [6.45, 7) is 8.34. The van der Waals surface area contributed by atoms with E-state index in [4.69, 9.17) is 14.3 Å². The minimum atomic E-state index is -0.311. The van der Waals surface area contributed by atoms with Gasteiger partial charge in [-0.1, -0.05) is 19.3 Å². The lowest BCUT2D eigenvalue weighted by molar-refractivity contribution is 0.00578. The fourth-order valence-electron chi connectivity index (χ4n) is 2.91. The smallest absolute Gasteiger partial charge is 0.398 e. The Morgan fingerprint density at radius 2 is 1.70 bits per heavy atom. The zero-order valence-electron chi connectivity index (χ0n) is 12.9. The average molecular weight is 293 g/mol. The topological polar surface area (TPSA) is 31.4 Å². The van der Waals surface area contributed by atoms with Crippen LogP contribution >= 0.6 is 11.3 Å². The molecule has 20 heavy (non-hydrogen) atoms. The number of hydrogen-bond acceptors (Lipinski definition) is 4. The van der Waals surface area contributed by atoms with Gasteiger partial charge in [-0.05, 0) is 40.5 Å².